The lowest BCUT2D eigenvalue weighted by molar-refractivity contribution is 0.0927. The van der Waals surface area contributed by atoms with Crippen LogP contribution in [-0.4, -0.2) is 35.3 Å². The summed E-state index contributed by atoms with van der Waals surface area (Å²) in [6.45, 7) is 3.35. The maximum atomic E-state index is 12.7. The van der Waals surface area contributed by atoms with E-state index in [-0.39, 0.29) is 11.5 Å². The van der Waals surface area contributed by atoms with Gasteiger partial charge in [0.25, 0.3) is 5.56 Å². The summed E-state index contributed by atoms with van der Waals surface area (Å²) >= 11 is 0. The van der Waals surface area contributed by atoms with Gasteiger partial charge >= 0.3 is 0 Å². The fourth-order valence-electron chi connectivity index (χ4n) is 3.56. The van der Waals surface area contributed by atoms with Gasteiger partial charge in [-0.2, -0.15) is 5.10 Å². The number of carbonyl (C=O) groups excluding carboxylic acids is 1. The van der Waals surface area contributed by atoms with Gasteiger partial charge in [-0.05, 0) is 31.2 Å². The van der Waals surface area contributed by atoms with Crippen molar-refractivity contribution in [2.75, 3.05) is 0 Å². The van der Waals surface area contributed by atoms with E-state index in [9.17, 15) is 9.59 Å². The highest BCUT2D eigenvalue weighted by Gasteiger charge is 2.16. The molecule has 8 heteroatoms. The van der Waals surface area contributed by atoms with Crippen LogP contribution in [0.5, 0.6) is 0 Å². The molecule has 0 amide bonds. The fourth-order valence-corrected chi connectivity index (χ4v) is 3.56. The normalized spacial score (nSPS) is 11.4. The minimum atomic E-state index is -0.213. The van der Waals surface area contributed by atoms with Crippen LogP contribution in [-0.2, 0) is 0 Å². The molecule has 0 unspecified atom stereocenters. The van der Waals surface area contributed by atoms with Crippen molar-refractivity contribution in [3.8, 4) is 22.5 Å². The predicted molar refractivity (Wildman–Crippen MR) is 109 cm³/mol. The largest absolute Gasteiger partial charge is 0.293 e. The number of hydrogen-bond acceptors (Lipinski definition) is 5. The van der Waals surface area contributed by atoms with Crippen LogP contribution in [0.15, 0.2) is 59.7 Å². The van der Waals surface area contributed by atoms with Crippen molar-refractivity contribution in [1.82, 2.24) is 29.4 Å². The lowest BCUT2D eigenvalue weighted by Gasteiger charge is -2.04. The molecule has 1 N–H and O–H groups in total. The van der Waals surface area contributed by atoms with E-state index in [1.165, 1.54) is 22.2 Å². The number of carbonyl (C=O) groups is 1. The molecule has 0 bridgehead atoms. The molecule has 1 aromatic carbocycles. The van der Waals surface area contributed by atoms with Gasteiger partial charge in [-0.3, -0.25) is 19.7 Å². The van der Waals surface area contributed by atoms with Crippen molar-refractivity contribution in [2.45, 2.75) is 13.8 Å². The number of nitrogens with zero attached hydrogens (tertiary/aromatic N) is 5. The first-order valence-corrected chi connectivity index (χ1v) is 9.06. The molecule has 142 valence electrons. The number of aromatic amines is 1. The Balaban J connectivity index is 1.73. The first-order valence-electron chi connectivity index (χ1n) is 9.06. The van der Waals surface area contributed by atoms with Crippen LogP contribution in [0.3, 0.4) is 0 Å². The van der Waals surface area contributed by atoms with E-state index >= 15 is 0 Å². The van der Waals surface area contributed by atoms with Crippen LogP contribution in [0.1, 0.15) is 17.4 Å². The van der Waals surface area contributed by atoms with E-state index in [4.69, 9.17) is 4.98 Å². The summed E-state index contributed by atoms with van der Waals surface area (Å²) in [7, 11) is 0. The molecular weight excluding hydrogens is 368 g/mol. The van der Waals surface area contributed by atoms with E-state index in [2.05, 4.69) is 15.2 Å². The second kappa shape index (κ2) is 6.23. The predicted octanol–water partition coefficient (Wildman–Crippen LogP) is 3.07. The van der Waals surface area contributed by atoms with Crippen molar-refractivity contribution in [3.05, 3.63) is 70.9 Å². The molecule has 5 rings (SSSR count). The number of H-pyrrole nitrogens is 1. The van der Waals surface area contributed by atoms with Gasteiger partial charge in [0.1, 0.15) is 0 Å². The molecule has 0 fully saturated rings. The number of nitrogens with one attached hydrogen (secondary N) is 1. The summed E-state index contributed by atoms with van der Waals surface area (Å²) in [5.41, 5.74) is 4.67. The summed E-state index contributed by atoms with van der Waals surface area (Å²) < 4.78 is 2.77. The van der Waals surface area contributed by atoms with E-state index in [1.54, 1.807) is 12.4 Å². The minimum absolute atomic E-state index is 0.159. The van der Waals surface area contributed by atoms with E-state index < -0.39 is 0 Å². The third kappa shape index (κ3) is 2.65. The Hall–Kier alpha value is -4.07. The Bertz CT molecular complexity index is 1460. The van der Waals surface area contributed by atoms with Crippen LogP contribution < -0.4 is 5.56 Å². The minimum Gasteiger partial charge on any atom is -0.293 e. The number of fused-ring (bicyclic) bond motifs is 2. The van der Waals surface area contributed by atoms with Gasteiger partial charge in [0.2, 0.25) is 5.91 Å². The standard InChI is InChI=1S/C21H16N6O2/c1-12-20(16-5-3-4-8-22-16)21-24-17(10-19(29)27(21)25-12)14-6-7-18-15(9-14)11-23-26(18)13(2)28/h3-11,25H,1-2H3. The zero-order valence-electron chi connectivity index (χ0n) is 15.7. The molecule has 0 atom stereocenters. The molecule has 8 nitrogen and oxygen atoms in total. The monoisotopic (exact) mass is 384 g/mol. The molecular formula is C21H16N6O2. The fraction of sp³-hybridized carbons (Fsp3) is 0.0952. The first kappa shape index (κ1) is 17.1. The van der Waals surface area contributed by atoms with E-state index in [1.807, 2.05) is 43.3 Å². The van der Waals surface area contributed by atoms with E-state index in [0.717, 1.165) is 27.9 Å². The zero-order chi connectivity index (χ0) is 20.1. The van der Waals surface area contributed by atoms with Crippen molar-refractivity contribution >= 4 is 22.5 Å². The Morgan fingerprint density at radius 3 is 2.72 bits per heavy atom. The zero-order valence-corrected chi connectivity index (χ0v) is 15.7. The van der Waals surface area contributed by atoms with Crippen LogP contribution >= 0.6 is 0 Å². The van der Waals surface area contributed by atoms with Gasteiger partial charge in [-0.15, -0.1) is 0 Å². The van der Waals surface area contributed by atoms with Crippen molar-refractivity contribution in [2.24, 2.45) is 0 Å². The molecule has 0 aliphatic heterocycles. The first-order chi connectivity index (χ1) is 14.0. The van der Waals surface area contributed by atoms with E-state index in [0.29, 0.717) is 16.9 Å². The highest BCUT2D eigenvalue weighted by atomic mass is 16.2. The lowest BCUT2D eigenvalue weighted by Crippen LogP contribution is -2.14. The number of aromatic nitrogens is 6. The van der Waals surface area contributed by atoms with Crippen LogP contribution in [0.2, 0.25) is 0 Å². The molecule has 5 aromatic rings. The third-order valence-electron chi connectivity index (χ3n) is 4.88. The van der Waals surface area contributed by atoms with Crippen LogP contribution in [0.25, 0.3) is 39.1 Å². The van der Waals surface area contributed by atoms with Gasteiger partial charge in [0, 0.05) is 35.8 Å². The molecule has 0 saturated heterocycles. The molecule has 0 radical (unpaired) electrons. The van der Waals surface area contributed by atoms with Gasteiger partial charge in [-0.1, -0.05) is 12.1 Å². The molecule has 4 heterocycles. The number of rotatable bonds is 2. The van der Waals surface area contributed by atoms with Crippen molar-refractivity contribution in [3.63, 3.8) is 0 Å². The quantitative estimate of drug-likeness (QED) is 0.504. The molecule has 4 aromatic heterocycles. The molecule has 0 aliphatic rings. The van der Waals surface area contributed by atoms with Crippen LogP contribution in [0.4, 0.5) is 0 Å². The SMILES string of the molecule is CC(=O)n1ncc2cc(-c3cc(=O)n4[nH]c(C)c(-c5ccccn5)c4n3)ccc21. The average Bonchev–Trinajstić information content (AvgIpc) is 3.29. The Morgan fingerprint density at radius 2 is 1.97 bits per heavy atom. The van der Waals surface area contributed by atoms with Gasteiger partial charge in [0.15, 0.2) is 5.65 Å². The highest BCUT2D eigenvalue weighted by molar-refractivity contribution is 5.92. The van der Waals surface area contributed by atoms with Gasteiger partial charge < -0.3 is 0 Å². The maximum Gasteiger partial charge on any atom is 0.273 e. The Morgan fingerprint density at radius 1 is 1.10 bits per heavy atom. The maximum absolute atomic E-state index is 12.7. The smallest absolute Gasteiger partial charge is 0.273 e. The number of hydrogen-bond donors (Lipinski definition) is 1. The third-order valence-corrected chi connectivity index (χ3v) is 4.88. The summed E-state index contributed by atoms with van der Waals surface area (Å²) in [5.74, 6) is -0.159. The average molecular weight is 384 g/mol. The molecule has 29 heavy (non-hydrogen) atoms. The van der Waals surface area contributed by atoms with Gasteiger partial charge in [0.05, 0.1) is 28.7 Å². The van der Waals surface area contributed by atoms with Crippen LogP contribution in [0, 0.1) is 6.92 Å². The number of aryl methyl sites for hydroxylation is 1. The second-order valence-electron chi connectivity index (χ2n) is 6.81. The Labute approximate surface area is 164 Å². The summed E-state index contributed by atoms with van der Waals surface area (Å²) in [5, 5.41) is 7.99. The Kier molecular flexibility index (Phi) is 3.67. The topological polar surface area (TPSA) is 97.9 Å². The summed E-state index contributed by atoms with van der Waals surface area (Å²) in [6, 6.07) is 12.6. The van der Waals surface area contributed by atoms with Gasteiger partial charge in [-0.25, -0.2) is 14.2 Å². The highest BCUT2D eigenvalue weighted by Crippen LogP contribution is 2.27. The second-order valence-corrected chi connectivity index (χ2v) is 6.81. The number of pyridine rings is 1. The lowest BCUT2D eigenvalue weighted by atomic mass is 10.1. The van der Waals surface area contributed by atoms with Crippen molar-refractivity contribution < 1.29 is 4.79 Å². The number of benzene rings is 1. The van der Waals surface area contributed by atoms with Crippen molar-refractivity contribution in [1.29, 1.82) is 0 Å². The molecule has 0 saturated carbocycles. The summed E-state index contributed by atoms with van der Waals surface area (Å²) in [4.78, 5) is 33.6. The summed E-state index contributed by atoms with van der Waals surface area (Å²) in [6.07, 6.45) is 3.34. The molecule has 0 aliphatic carbocycles. The molecule has 0 spiro atoms.